The van der Waals surface area contributed by atoms with Gasteiger partial charge in [-0.2, -0.15) is 0 Å². The van der Waals surface area contributed by atoms with Gasteiger partial charge in [0, 0.05) is 19.1 Å². The molecule has 0 spiro atoms. The zero-order chi connectivity index (χ0) is 12.3. The van der Waals surface area contributed by atoms with Crippen LogP contribution in [-0.4, -0.2) is 42.8 Å². The first kappa shape index (κ1) is 12.7. The summed E-state index contributed by atoms with van der Waals surface area (Å²) in [5.74, 6) is 0.930. The Morgan fingerprint density at radius 3 is 2.47 bits per heavy atom. The van der Waals surface area contributed by atoms with Crippen molar-refractivity contribution in [3.63, 3.8) is 0 Å². The van der Waals surface area contributed by atoms with Crippen LogP contribution in [-0.2, 0) is 4.74 Å². The highest BCUT2D eigenvalue weighted by atomic mass is 16.6. The third-order valence-electron chi connectivity index (χ3n) is 3.48. The van der Waals surface area contributed by atoms with E-state index in [2.05, 4.69) is 5.32 Å². The normalized spacial score (nSPS) is 21.9. The highest BCUT2D eigenvalue weighted by Gasteiger charge is 2.26. The summed E-state index contributed by atoms with van der Waals surface area (Å²) in [6.45, 7) is 6.60. The lowest BCUT2D eigenvalue weighted by Gasteiger charge is -2.32. The number of likely N-dealkylation sites (tertiary alicyclic amines) is 1. The van der Waals surface area contributed by atoms with E-state index in [0.717, 1.165) is 31.8 Å². The Morgan fingerprint density at radius 2 is 1.94 bits per heavy atom. The lowest BCUT2D eigenvalue weighted by Crippen LogP contribution is -2.45. The summed E-state index contributed by atoms with van der Waals surface area (Å²) < 4.78 is 5.20. The van der Waals surface area contributed by atoms with E-state index in [1.165, 1.54) is 19.4 Å². The summed E-state index contributed by atoms with van der Waals surface area (Å²) >= 11 is 0. The van der Waals surface area contributed by atoms with E-state index in [9.17, 15) is 4.79 Å². The third-order valence-corrected chi connectivity index (χ3v) is 3.48. The van der Waals surface area contributed by atoms with Gasteiger partial charge >= 0.3 is 6.09 Å². The van der Waals surface area contributed by atoms with Crippen molar-refractivity contribution in [1.82, 2.24) is 10.2 Å². The molecular weight excluding hydrogens is 216 g/mol. The standard InChI is InChI=1S/C13H24N2O2/c1-10(2)17-13(16)15-7-5-12(6-8-15)14-9-11-3-4-11/h10-12,14H,3-9H2,1-2H3. The van der Waals surface area contributed by atoms with Gasteiger partial charge in [0.15, 0.2) is 0 Å². The zero-order valence-corrected chi connectivity index (χ0v) is 10.9. The number of carbonyl (C=O) groups is 1. The van der Waals surface area contributed by atoms with Crippen LogP contribution in [0.1, 0.15) is 39.5 Å². The molecule has 1 saturated carbocycles. The lowest BCUT2D eigenvalue weighted by atomic mass is 10.1. The van der Waals surface area contributed by atoms with Gasteiger partial charge in [-0.3, -0.25) is 0 Å². The second-order valence-corrected chi connectivity index (χ2v) is 5.55. The van der Waals surface area contributed by atoms with E-state index >= 15 is 0 Å². The van der Waals surface area contributed by atoms with Crippen molar-refractivity contribution >= 4 is 6.09 Å². The SMILES string of the molecule is CC(C)OC(=O)N1CCC(NCC2CC2)CC1. The number of rotatable bonds is 4. The number of hydrogen-bond acceptors (Lipinski definition) is 3. The molecule has 1 aliphatic carbocycles. The van der Waals surface area contributed by atoms with E-state index in [1.54, 1.807) is 0 Å². The first-order valence-electron chi connectivity index (χ1n) is 6.84. The predicted molar refractivity (Wildman–Crippen MR) is 66.9 cm³/mol. The second-order valence-electron chi connectivity index (χ2n) is 5.55. The van der Waals surface area contributed by atoms with Gasteiger partial charge in [-0.1, -0.05) is 0 Å². The Hall–Kier alpha value is -0.770. The minimum absolute atomic E-state index is 0.0202. The van der Waals surface area contributed by atoms with Crippen LogP contribution in [0.15, 0.2) is 0 Å². The molecule has 1 saturated heterocycles. The fourth-order valence-corrected chi connectivity index (χ4v) is 2.20. The molecule has 0 aromatic heterocycles. The van der Waals surface area contributed by atoms with Gasteiger partial charge in [0.05, 0.1) is 6.10 Å². The second kappa shape index (κ2) is 5.71. The quantitative estimate of drug-likeness (QED) is 0.817. The Bertz CT molecular complexity index is 256. The monoisotopic (exact) mass is 240 g/mol. The van der Waals surface area contributed by atoms with Crippen molar-refractivity contribution in [1.29, 1.82) is 0 Å². The van der Waals surface area contributed by atoms with Gasteiger partial charge in [0.1, 0.15) is 0 Å². The number of amides is 1. The molecule has 98 valence electrons. The lowest BCUT2D eigenvalue weighted by molar-refractivity contribution is 0.0678. The number of piperidine rings is 1. The molecule has 2 aliphatic rings. The molecule has 0 unspecified atom stereocenters. The molecule has 0 aromatic rings. The molecule has 1 N–H and O–H groups in total. The van der Waals surface area contributed by atoms with Crippen molar-refractivity contribution in [2.24, 2.45) is 5.92 Å². The molecule has 1 amide bonds. The highest BCUT2D eigenvalue weighted by molar-refractivity contribution is 5.67. The number of nitrogens with one attached hydrogen (secondary N) is 1. The summed E-state index contributed by atoms with van der Waals surface area (Å²) in [5, 5.41) is 3.60. The van der Waals surface area contributed by atoms with Crippen molar-refractivity contribution in [2.75, 3.05) is 19.6 Å². The molecule has 4 heteroatoms. The molecule has 0 bridgehead atoms. The van der Waals surface area contributed by atoms with E-state index in [4.69, 9.17) is 4.74 Å². The summed E-state index contributed by atoms with van der Waals surface area (Å²) in [6.07, 6.45) is 4.73. The average Bonchev–Trinajstić information content (AvgIpc) is 3.10. The van der Waals surface area contributed by atoms with Crippen LogP contribution in [0.4, 0.5) is 4.79 Å². The van der Waals surface area contributed by atoms with Crippen LogP contribution in [0.25, 0.3) is 0 Å². The Morgan fingerprint density at radius 1 is 1.29 bits per heavy atom. The fourth-order valence-electron chi connectivity index (χ4n) is 2.20. The number of nitrogens with zero attached hydrogens (tertiary/aromatic N) is 1. The van der Waals surface area contributed by atoms with Gasteiger partial charge in [0.2, 0.25) is 0 Å². The van der Waals surface area contributed by atoms with Gasteiger partial charge in [-0.25, -0.2) is 4.79 Å². The maximum atomic E-state index is 11.7. The molecule has 0 radical (unpaired) electrons. The van der Waals surface area contributed by atoms with Crippen molar-refractivity contribution in [2.45, 2.75) is 51.7 Å². The molecule has 17 heavy (non-hydrogen) atoms. The van der Waals surface area contributed by atoms with Crippen LogP contribution in [0.3, 0.4) is 0 Å². The van der Waals surface area contributed by atoms with Crippen molar-refractivity contribution < 1.29 is 9.53 Å². The van der Waals surface area contributed by atoms with Crippen LogP contribution in [0.5, 0.6) is 0 Å². The van der Waals surface area contributed by atoms with Crippen LogP contribution < -0.4 is 5.32 Å². The van der Waals surface area contributed by atoms with Crippen LogP contribution in [0.2, 0.25) is 0 Å². The Kier molecular flexibility index (Phi) is 4.26. The molecule has 1 heterocycles. The summed E-state index contributed by atoms with van der Waals surface area (Å²) in [7, 11) is 0. The fraction of sp³-hybridized carbons (Fsp3) is 0.923. The van der Waals surface area contributed by atoms with Gasteiger partial charge in [0.25, 0.3) is 0 Å². The van der Waals surface area contributed by atoms with E-state index in [0.29, 0.717) is 6.04 Å². The topological polar surface area (TPSA) is 41.6 Å². The Labute approximate surface area is 104 Å². The van der Waals surface area contributed by atoms with Gasteiger partial charge < -0.3 is 15.0 Å². The third kappa shape index (κ3) is 4.19. The first-order chi connectivity index (χ1) is 8.15. The highest BCUT2D eigenvalue weighted by Crippen LogP contribution is 2.28. The number of hydrogen-bond donors (Lipinski definition) is 1. The molecule has 0 atom stereocenters. The van der Waals surface area contributed by atoms with Crippen molar-refractivity contribution in [3.05, 3.63) is 0 Å². The zero-order valence-electron chi connectivity index (χ0n) is 10.9. The van der Waals surface area contributed by atoms with E-state index in [-0.39, 0.29) is 12.2 Å². The summed E-state index contributed by atoms with van der Waals surface area (Å²) in [4.78, 5) is 13.5. The maximum Gasteiger partial charge on any atom is 0.410 e. The Balaban J connectivity index is 1.64. The number of ether oxygens (including phenoxy) is 1. The smallest absolute Gasteiger partial charge is 0.410 e. The van der Waals surface area contributed by atoms with E-state index < -0.39 is 0 Å². The summed E-state index contributed by atoms with van der Waals surface area (Å²) in [6, 6.07) is 0.596. The first-order valence-corrected chi connectivity index (χ1v) is 6.84. The minimum atomic E-state index is -0.152. The molecule has 2 fully saturated rings. The molecular formula is C13H24N2O2. The maximum absolute atomic E-state index is 11.7. The molecule has 1 aliphatic heterocycles. The van der Waals surface area contributed by atoms with Crippen molar-refractivity contribution in [3.8, 4) is 0 Å². The number of carbonyl (C=O) groups excluding carboxylic acids is 1. The minimum Gasteiger partial charge on any atom is -0.447 e. The largest absolute Gasteiger partial charge is 0.447 e. The molecule has 0 aromatic carbocycles. The van der Waals surface area contributed by atoms with E-state index in [1.807, 2.05) is 18.7 Å². The van der Waals surface area contributed by atoms with Crippen LogP contribution in [0, 0.1) is 5.92 Å². The average molecular weight is 240 g/mol. The summed E-state index contributed by atoms with van der Waals surface area (Å²) in [5.41, 5.74) is 0. The van der Waals surface area contributed by atoms with Crippen LogP contribution >= 0.6 is 0 Å². The van der Waals surface area contributed by atoms with Gasteiger partial charge in [-0.05, 0) is 52.0 Å². The van der Waals surface area contributed by atoms with Gasteiger partial charge in [-0.15, -0.1) is 0 Å². The molecule has 4 nitrogen and oxygen atoms in total. The predicted octanol–water partition coefficient (Wildman–Crippen LogP) is 2.00. The molecule has 2 rings (SSSR count).